The van der Waals surface area contributed by atoms with Crippen LogP contribution >= 0.6 is 11.6 Å². The Balaban J connectivity index is 2.20. The Morgan fingerprint density at radius 3 is 2.94 bits per heavy atom. The second kappa shape index (κ2) is 5.28. The third kappa shape index (κ3) is 2.58. The van der Waals surface area contributed by atoms with E-state index in [0.717, 1.165) is 24.0 Å². The highest BCUT2D eigenvalue weighted by Crippen LogP contribution is 2.33. The average Bonchev–Trinajstić information content (AvgIpc) is 2.65. The Morgan fingerprint density at radius 2 is 2.24 bits per heavy atom. The first-order chi connectivity index (χ1) is 8.13. The molecule has 0 aromatic heterocycles. The predicted octanol–water partition coefficient (Wildman–Crippen LogP) is 3.08. The normalized spacial score (nSPS) is 24.4. The van der Waals surface area contributed by atoms with E-state index in [-0.39, 0.29) is 0 Å². The quantitative estimate of drug-likeness (QED) is 0.890. The molecule has 1 aromatic rings. The van der Waals surface area contributed by atoms with Crippen LogP contribution in [0.15, 0.2) is 18.2 Å². The van der Waals surface area contributed by atoms with Gasteiger partial charge in [0, 0.05) is 23.3 Å². The predicted molar refractivity (Wildman–Crippen MR) is 75.0 cm³/mol. The van der Waals surface area contributed by atoms with E-state index in [1.165, 1.54) is 17.7 Å². The minimum absolute atomic E-state index is 0.583. The van der Waals surface area contributed by atoms with Crippen molar-refractivity contribution < 1.29 is 0 Å². The molecule has 1 aliphatic heterocycles. The standard InChI is InChI=1S/C14H21ClN2/c1-10-4-5-13(15)8-14(10)17-7-6-12(9-16-3)11(17)2/h4-5,8,11-12,16H,6-7,9H2,1-3H3. The van der Waals surface area contributed by atoms with Gasteiger partial charge in [0.2, 0.25) is 0 Å². The fourth-order valence-electron chi connectivity index (χ4n) is 2.77. The Morgan fingerprint density at radius 1 is 1.47 bits per heavy atom. The second-order valence-electron chi connectivity index (χ2n) is 4.97. The van der Waals surface area contributed by atoms with Gasteiger partial charge in [0.1, 0.15) is 0 Å². The number of halogens is 1. The van der Waals surface area contributed by atoms with Gasteiger partial charge < -0.3 is 10.2 Å². The number of hydrogen-bond donors (Lipinski definition) is 1. The van der Waals surface area contributed by atoms with Crippen molar-refractivity contribution in [3.05, 3.63) is 28.8 Å². The van der Waals surface area contributed by atoms with E-state index in [1.54, 1.807) is 0 Å². The van der Waals surface area contributed by atoms with Gasteiger partial charge in [0.25, 0.3) is 0 Å². The number of nitrogens with one attached hydrogen (secondary N) is 1. The number of anilines is 1. The average molecular weight is 253 g/mol. The molecule has 0 amide bonds. The topological polar surface area (TPSA) is 15.3 Å². The molecule has 0 spiro atoms. The van der Waals surface area contributed by atoms with E-state index in [0.29, 0.717) is 6.04 Å². The smallest absolute Gasteiger partial charge is 0.0426 e. The summed E-state index contributed by atoms with van der Waals surface area (Å²) in [5.41, 5.74) is 2.61. The summed E-state index contributed by atoms with van der Waals surface area (Å²) in [5.74, 6) is 0.735. The van der Waals surface area contributed by atoms with Gasteiger partial charge in [-0.2, -0.15) is 0 Å². The first kappa shape index (κ1) is 12.7. The second-order valence-corrected chi connectivity index (χ2v) is 5.41. The van der Waals surface area contributed by atoms with E-state index in [2.05, 4.69) is 36.2 Å². The van der Waals surface area contributed by atoms with E-state index in [4.69, 9.17) is 11.6 Å². The van der Waals surface area contributed by atoms with Gasteiger partial charge in [-0.25, -0.2) is 0 Å². The SMILES string of the molecule is CNCC1CCN(c2cc(Cl)ccc2C)C1C. The first-order valence-electron chi connectivity index (χ1n) is 6.31. The summed E-state index contributed by atoms with van der Waals surface area (Å²) in [5, 5.41) is 4.11. The first-order valence-corrected chi connectivity index (χ1v) is 6.68. The van der Waals surface area contributed by atoms with Crippen LogP contribution in [0.5, 0.6) is 0 Å². The molecule has 2 atom stereocenters. The molecular weight excluding hydrogens is 232 g/mol. The van der Waals surface area contributed by atoms with E-state index in [1.807, 2.05) is 13.1 Å². The summed E-state index contributed by atoms with van der Waals surface area (Å²) in [6.45, 7) is 6.70. The van der Waals surface area contributed by atoms with Gasteiger partial charge in [-0.1, -0.05) is 17.7 Å². The maximum atomic E-state index is 6.10. The molecule has 2 nitrogen and oxygen atoms in total. The molecule has 1 aliphatic rings. The fraction of sp³-hybridized carbons (Fsp3) is 0.571. The summed E-state index contributed by atoms with van der Waals surface area (Å²) in [6, 6.07) is 6.75. The Kier molecular flexibility index (Phi) is 3.95. The highest BCUT2D eigenvalue weighted by molar-refractivity contribution is 6.30. The molecule has 1 heterocycles. The minimum atomic E-state index is 0.583. The fourth-order valence-corrected chi connectivity index (χ4v) is 2.94. The van der Waals surface area contributed by atoms with E-state index in [9.17, 15) is 0 Å². The number of aryl methyl sites for hydroxylation is 1. The van der Waals surface area contributed by atoms with Crippen LogP contribution in [0.2, 0.25) is 5.02 Å². The molecule has 0 saturated carbocycles. The molecule has 1 saturated heterocycles. The summed E-state index contributed by atoms with van der Waals surface area (Å²) >= 11 is 6.10. The number of benzene rings is 1. The summed E-state index contributed by atoms with van der Waals surface area (Å²) in [7, 11) is 2.03. The van der Waals surface area contributed by atoms with E-state index >= 15 is 0 Å². The number of hydrogen-bond acceptors (Lipinski definition) is 2. The van der Waals surface area contributed by atoms with Gasteiger partial charge in [-0.15, -0.1) is 0 Å². The van der Waals surface area contributed by atoms with Gasteiger partial charge >= 0.3 is 0 Å². The Bertz CT molecular complexity index is 392. The van der Waals surface area contributed by atoms with Crippen molar-refractivity contribution in [3.8, 4) is 0 Å². The number of nitrogens with zero attached hydrogens (tertiary/aromatic N) is 1. The van der Waals surface area contributed by atoms with Gasteiger partial charge in [-0.3, -0.25) is 0 Å². The van der Waals surface area contributed by atoms with Gasteiger partial charge in [0.05, 0.1) is 0 Å². The maximum Gasteiger partial charge on any atom is 0.0426 e. The van der Waals surface area contributed by atoms with Crippen molar-refractivity contribution in [1.82, 2.24) is 5.32 Å². The van der Waals surface area contributed by atoms with Gasteiger partial charge in [-0.05, 0) is 57.5 Å². The zero-order valence-electron chi connectivity index (χ0n) is 10.8. The van der Waals surface area contributed by atoms with Crippen LogP contribution in [0.1, 0.15) is 18.9 Å². The molecule has 1 fully saturated rings. The monoisotopic (exact) mass is 252 g/mol. The lowest BCUT2D eigenvalue weighted by atomic mass is 10.0. The van der Waals surface area contributed by atoms with Crippen molar-refractivity contribution in [2.24, 2.45) is 5.92 Å². The summed E-state index contributed by atoms with van der Waals surface area (Å²) < 4.78 is 0. The van der Waals surface area contributed by atoms with Crippen molar-refractivity contribution >= 4 is 17.3 Å². The maximum absolute atomic E-state index is 6.10. The highest BCUT2D eigenvalue weighted by atomic mass is 35.5. The van der Waals surface area contributed by atoms with Crippen LogP contribution < -0.4 is 10.2 Å². The van der Waals surface area contributed by atoms with Crippen LogP contribution in [-0.2, 0) is 0 Å². The molecule has 1 N–H and O–H groups in total. The third-order valence-corrected chi connectivity index (χ3v) is 4.10. The molecule has 94 valence electrons. The number of rotatable bonds is 3. The zero-order valence-corrected chi connectivity index (χ0v) is 11.6. The lowest BCUT2D eigenvalue weighted by Gasteiger charge is -2.28. The van der Waals surface area contributed by atoms with Crippen LogP contribution in [0.4, 0.5) is 5.69 Å². The van der Waals surface area contributed by atoms with Crippen LogP contribution in [-0.4, -0.2) is 26.2 Å². The van der Waals surface area contributed by atoms with Crippen molar-refractivity contribution in [1.29, 1.82) is 0 Å². The molecule has 0 aliphatic carbocycles. The molecular formula is C14H21ClN2. The third-order valence-electron chi connectivity index (χ3n) is 3.86. The van der Waals surface area contributed by atoms with Crippen molar-refractivity contribution in [3.63, 3.8) is 0 Å². The van der Waals surface area contributed by atoms with E-state index < -0.39 is 0 Å². The lowest BCUT2D eigenvalue weighted by Crippen LogP contribution is -2.33. The molecule has 2 rings (SSSR count). The molecule has 3 heteroatoms. The summed E-state index contributed by atoms with van der Waals surface area (Å²) in [6.07, 6.45) is 1.26. The molecule has 0 radical (unpaired) electrons. The lowest BCUT2D eigenvalue weighted by molar-refractivity contribution is 0.473. The van der Waals surface area contributed by atoms with Crippen LogP contribution in [0.25, 0.3) is 0 Å². The molecule has 1 aromatic carbocycles. The largest absolute Gasteiger partial charge is 0.368 e. The molecule has 17 heavy (non-hydrogen) atoms. The minimum Gasteiger partial charge on any atom is -0.368 e. The van der Waals surface area contributed by atoms with Gasteiger partial charge in [0.15, 0.2) is 0 Å². The zero-order chi connectivity index (χ0) is 12.4. The van der Waals surface area contributed by atoms with Crippen LogP contribution in [0, 0.1) is 12.8 Å². The Labute approximate surface area is 109 Å². The summed E-state index contributed by atoms with van der Waals surface area (Å²) in [4.78, 5) is 2.49. The highest BCUT2D eigenvalue weighted by Gasteiger charge is 2.30. The van der Waals surface area contributed by atoms with Crippen molar-refractivity contribution in [2.45, 2.75) is 26.3 Å². The molecule has 2 unspecified atom stereocenters. The van der Waals surface area contributed by atoms with Crippen molar-refractivity contribution in [2.75, 3.05) is 25.0 Å². The molecule has 0 bridgehead atoms. The Hall–Kier alpha value is -0.730. The van der Waals surface area contributed by atoms with Crippen LogP contribution in [0.3, 0.4) is 0 Å².